The third kappa shape index (κ3) is 3.05. The Morgan fingerprint density at radius 1 is 1.12 bits per heavy atom. The summed E-state index contributed by atoms with van der Waals surface area (Å²) >= 11 is 0. The largest absolute Gasteiger partial charge is 0.481 e. The van der Waals surface area contributed by atoms with Gasteiger partial charge in [-0.1, -0.05) is 31.2 Å². The molecule has 1 N–H and O–H groups in total. The van der Waals surface area contributed by atoms with Crippen molar-refractivity contribution in [3.63, 3.8) is 0 Å². The SMILES string of the molecule is CC(CS(=O)(=O)c1ccc(-c2occ3ccccc23)cc1)C(=O)O. The minimum absolute atomic E-state index is 0.107. The first kappa shape index (κ1) is 16.3. The summed E-state index contributed by atoms with van der Waals surface area (Å²) in [5.74, 6) is -1.83. The van der Waals surface area contributed by atoms with Crippen LogP contribution in [-0.4, -0.2) is 25.2 Å². The molecule has 0 saturated carbocycles. The number of rotatable bonds is 5. The van der Waals surface area contributed by atoms with Gasteiger partial charge in [-0.05, 0) is 24.3 Å². The lowest BCUT2D eigenvalue weighted by Crippen LogP contribution is -2.21. The van der Waals surface area contributed by atoms with Crippen molar-refractivity contribution in [2.24, 2.45) is 5.92 Å². The minimum Gasteiger partial charge on any atom is -0.481 e. The number of fused-ring (bicyclic) bond motifs is 1. The van der Waals surface area contributed by atoms with Crippen molar-refractivity contribution >= 4 is 26.6 Å². The molecule has 6 heteroatoms. The molecule has 1 aromatic heterocycles. The van der Waals surface area contributed by atoms with Crippen LogP contribution in [0.1, 0.15) is 6.92 Å². The van der Waals surface area contributed by atoms with Gasteiger partial charge in [0, 0.05) is 16.3 Å². The lowest BCUT2D eigenvalue weighted by atomic mass is 10.1. The zero-order valence-electron chi connectivity index (χ0n) is 13.0. The zero-order chi connectivity index (χ0) is 17.3. The molecule has 0 fully saturated rings. The molecular formula is C18H16O5S. The highest BCUT2D eigenvalue weighted by molar-refractivity contribution is 7.91. The summed E-state index contributed by atoms with van der Waals surface area (Å²) in [6.07, 6.45) is 1.66. The van der Waals surface area contributed by atoms with E-state index in [0.717, 1.165) is 16.3 Å². The molecule has 24 heavy (non-hydrogen) atoms. The summed E-state index contributed by atoms with van der Waals surface area (Å²) < 4.78 is 30.1. The fourth-order valence-electron chi connectivity index (χ4n) is 2.53. The van der Waals surface area contributed by atoms with Crippen LogP contribution < -0.4 is 0 Å². The number of furan rings is 1. The summed E-state index contributed by atoms with van der Waals surface area (Å²) in [4.78, 5) is 11.0. The van der Waals surface area contributed by atoms with Crippen LogP contribution in [0.25, 0.3) is 22.1 Å². The van der Waals surface area contributed by atoms with Crippen LogP contribution in [0, 0.1) is 5.92 Å². The van der Waals surface area contributed by atoms with Crippen LogP contribution in [0.5, 0.6) is 0 Å². The molecule has 0 bridgehead atoms. The van der Waals surface area contributed by atoms with E-state index in [1.807, 2.05) is 24.3 Å². The molecule has 0 saturated heterocycles. The summed E-state index contributed by atoms with van der Waals surface area (Å²) in [7, 11) is -3.64. The third-order valence-electron chi connectivity index (χ3n) is 3.88. The van der Waals surface area contributed by atoms with Crippen LogP contribution in [-0.2, 0) is 14.6 Å². The summed E-state index contributed by atoms with van der Waals surface area (Å²) in [5.41, 5.74) is 0.765. The molecule has 0 aliphatic heterocycles. The van der Waals surface area contributed by atoms with E-state index in [4.69, 9.17) is 9.52 Å². The summed E-state index contributed by atoms with van der Waals surface area (Å²) in [6.45, 7) is 1.38. The maximum absolute atomic E-state index is 12.3. The van der Waals surface area contributed by atoms with Crippen LogP contribution in [0.15, 0.2) is 64.1 Å². The molecule has 3 aromatic rings. The standard InChI is InChI=1S/C18H16O5S/c1-12(18(19)20)11-24(21,22)15-8-6-13(7-9-15)17-16-5-3-2-4-14(16)10-23-17/h2-10,12H,11H2,1H3,(H,19,20). The Bertz CT molecular complexity index is 984. The second kappa shape index (κ2) is 6.13. The second-order valence-electron chi connectivity index (χ2n) is 5.70. The molecule has 5 nitrogen and oxygen atoms in total. The van der Waals surface area contributed by atoms with Gasteiger partial charge in [0.05, 0.1) is 22.8 Å². The molecule has 0 radical (unpaired) electrons. The molecule has 0 spiro atoms. The Hall–Kier alpha value is -2.60. The number of carboxylic acid groups (broad SMARTS) is 1. The van der Waals surface area contributed by atoms with Gasteiger partial charge in [-0.2, -0.15) is 0 Å². The molecule has 3 rings (SSSR count). The number of hydrogen-bond donors (Lipinski definition) is 1. The Kier molecular flexibility index (Phi) is 4.15. The van der Waals surface area contributed by atoms with Gasteiger partial charge in [-0.15, -0.1) is 0 Å². The lowest BCUT2D eigenvalue weighted by molar-refractivity contribution is -0.140. The van der Waals surface area contributed by atoms with E-state index in [9.17, 15) is 13.2 Å². The van der Waals surface area contributed by atoms with Crippen molar-refractivity contribution in [3.05, 3.63) is 54.8 Å². The quantitative estimate of drug-likeness (QED) is 0.764. The average molecular weight is 344 g/mol. The predicted octanol–water partition coefficient (Wildman–Crippen LogP) is 3.59. The van der Waals surface area contributed by atoms with Crippen molar-refractivity contribution < 1.29 is 22.7 Å². The van der Waals surface area contributed by atoms with Crippen molar-refractivity contribution in [3.8, 4) is 11.3 Å². The smallest absolute Gasteiger partial charge is 0.307 e. The van der Waals surface area contributed by atoms with E-state index in [1.165, 1.54) is 19.1 Å². The molecule has 0 aliphatic rings. The fourth-order valence-corrected chi connectivity index (χ4v) is 4.07. The first-order valence-corrected chi connectivity index (χ1v) is 9.06. The van der Waals surface area contributed by atoms with Crippen molar-refractivity contribution in [2.75, 3.05) is 5.75 Å². The Balaban J connectivity index is 1.92. The van der Waals surface area contributed by atoms with E-state index in [-0.39, 0.29) is 4.90 Å². The molecule has 0 amide bonds. The predicted molar refractivity (Wildman–Crippen MR) is 90.5 cm³/mol. The number of benzene rings is 2. The Labute approximate surface area is 139 Å². The maximum atomic E-state index is 12.3. The number of hydrogen-bond acceptors (Lipinski definition) is 4. The van der Waals surface area contributed by atoms with Gasteiger partial charge in [-0.25, -0.2) is 8.42 Å². The number of sulfone groups is 1. The third-order valence-corrected chi connectivity index (χ3v) is 5.80. The first-order valence-electron chi connectivity index (χ1n) is 7.41. The normalized spacial score (nSPS) is 13.0. The Morgan fingerprint density at radius 3 is 2.46 bits per heavy atom. The molecule has 0 aliphatic carbocycles. The fraction of sp³-hybridized carbons (Fsp3) is 0.167. The summed E-state index contributed by atoms with van der Waals surface area (Å²) in [6, 6.07) is 14.0. The number of carbonyl (C=O) groups is 1. The lowest BCUT2D eigenvalue weighted by Gasteiger charge is -2.08. The van der Waals surface area contributed by atoms with Gasteiger partial charge < -0.3 is 9.52 Å². The minimum atomic E-state index is -3.64. The van der Waals surface area contributed by atoms with E-state index in [1.54, 1.807) is 18.4 Å². The molecular weight excluding hydrogens is 328 g/mol. The highest BCUT2D eigenvalue weighted by Gasteiger charge is 2.23. The van der Waals surface area contributed by atoms with Crippen LogP contribution in [0.4, 0.5) is 0 Å². The van der Waals surface area contributed by atoms with Crippen LogP contribution >= 0.6 is 0 Å². The van der Waals surface area contributed by atoms with Gasteiger partial charge in [0.2, 0.25) is 0 Å². The molecule has 124 valence electrons. The highest BCUT2D eigenvalue weighted by atomic mass is 32.2. The molecule has 1 atom stereocenters. The van der Waals surface area contributed by atoms with E-state index in [2.05, 4.69) is 0 Å². The van der Waals surface area contributed by atoms with E-state index in [0.29, 0.717) is 5.76 Å². The second-order valence-corrected chi connectivity index (χ2v) is 7.73. The Morgan fingerprint density at radius 2 is 1.79 bits per heavy atom. The monoisotopic (exact) mass is 344 g/mol. The topological polar surface area (TPSA) is 84.6 Å². The van der Waals surface area contributed by atoms with Gasteiger partial charge in [0.1, 0.15) is 5.76 Å². The van der Waals surface area contributed by atoms with Crippen LogP contribution in [0.2, 0.25) is 0 Å². The van der Waals surface area contributed by atoms with E-state index >= 15 is 0 Å². The van der Waals surface area contributed by atoms with Crippen LogP contribution in [0.3, 0.4) is 0 Å². The maximum Gasteiger partial charge on any atom is 0.307 e. The number of carboxylic acids is 1. The molecule has 2 aromatic carbocycles. The first-order chi connectivity index (χ1) is 11.4. The zero-order valence-corrected chi connectivity index (χ0v) is 13.8. The number of aliphatic carboxylic acids is 1. The average Bonchev–Trinajstić information content (AvgIpc) is 2.98. The summed E-state index contributed by atoms with van der Waals surface area (Å²) in [5, 5.41) is 10.8. The molecule has 1 heterocycles. The van der Waals surface area contributed by atoms with Gasteiger partial charge in [0.15, 0.2) is 9.84 Å². The molecule has 1 unspecified atom stereocenters. The highest BCUT2D eigenvalue weighted by Crippen LogP contribution is 2.31. The van der Waals surface area contributed by atoms with E-state index < -0.39 is 27.5 Å². The van der Waals surface area contributed by atoms with Crippen molar-refractivity contribution in [1.29, 1.82) is 0 Å². The van der Waals surface area contributed by atoms with Crippen molar-refractivity contribution in [2.45, 2.75) is 11.8 Å². The van der Waals surface area contributed by atoms with Gasteiger partial charge in [0.25, 0.3) is 0 Å². The van der Waals surface area contributed by atoms with Gasteiger partial charge in [-0.3, -0.25) is 4.79 Å². The van der Waals surface area contributed by atoms with Crippen molar-refractivity contribution in [1.82, 2.24) is 0 Å². The van der Waals surface area contributed by atoms with Gasteiger partial charge >= 0.3 is 5.97 Å².